The maximum Gasteiger partial charge on any atom is 0.174 e. The first-order valence-electron chi connectivity index (χ1n) is 10.2. The van der Waals surface area contributed by atoms with Gasteiger partial charge in [-0.1, -0.05) is 29.3 Å². The van der Waals surface area contributed by atoms with E-state index in [4.69, 9.17) is 28.2 Å². The van der Waals surface area contributed by atoms with Gasteiger partial charge < -0.3 is 4.90 Å². The molecule has 0 radical (unpaired) electrons. The molecule has 0 N–H and O–H groups in total. The van der Waals surface area contributed by atoms with Crippen molar-refractivity contribution in [2.24, 2.45) is 4.99 Å². The van der Waals surface area contributed by atoms with Crippen LogP contribution in [-0.4, -0.2) is 15.9 Å². The number of thioether (sulfide) groups is 1. The Bertz CT molecular complexity index is 1360. The van der Waals surface area contributed by atoms with Crippen molar-refractivity contribution in [1.82, 2.24) is 4.98 Å². The van der Waals surface area contributed by atoms with Gasteiger partial charge >= 0.3 is 0 Å². The third-order valence-corrected chi connectivity index (χ3v) is 7.58. The molecule has 4 nitrogen and oxygen atoms in total. The Morgan fingerprint density at radius 2 is 1.97 bits per heavy atom. The van der Waals surface area contributed by atoms with Gasteiger partial charge in [0.15, 0.2) is 11.0 Å². The molecule has 1 atom stereocenters. The molecular weight excluding hydrogens is 449 g/mol. The van der Waals surface area contributed by atoms with Crippen molar-refractivity contribution in [3.05, 3.63) is 75.0 Å². The van der Waals surface area contributed by atoms with Crippen molar-refractivity contribution in [1.29, 1.82) is 0 Å². The molecule has 0 fully saturated rings. The molecule has 3 aromatic rings. The first-order valence-corrected chi connectivity index (χ1v) is 11.8. The molecule has 154 valence electrons. The van der Waals surface area contributed by atoms with Crippen LogP contribution in [0, 0.1) is 6.92 Å². The van der Waals surface area contributed by atoms with Gasteiger partial charge in [-0.25, -0.2) is 9.98 Å². The van der Waals surface area contributed by atoms with E-state index in [2.05, 4.69) is 35.0 Å². The summed E-state index contributed by atoms with van der Waals surface area (Å²) in [6.45, 7) is 2.08. The molecule has 1 aromatic heterocycles. The number of ketones is 1. The monoisotopic (exact) mass is 465 g/mol. The predicted molar refractivity (Wildman–Crippen MR) is 127 cm³/mol. The number of carbonyl (C=O) groups is 1. The van der Waals surface area contributed by atoms with E-state index in [1.165, 1.54) is 5.56 Å². The highest BCUT2D eigenvalue weighted by atomic mass is 35.5. The van der Waals surface area contributed by atoms with Crippen LogP contribution in [0.25, 0.3) is 10.9 Å². The molecule has 0 bridgehead atoms. The van der Waals surface area contributed by atoms with Gasteiger partial charge in [-0.05, 0) is 73.5 Å². The lowest BCUT2D eigenvalue weighted by molar-refractivity contribution is -0.116. The Hall–Kier alpha value is -2.34. The second-order valence-electron chi connectivity index (χ2n) is 8.08. The largest absolute Gasteiger partial charge is 0.308 e. The van der Waals surface area contributed by atoms with E-state index in [1.54, 1.807) is 17.8 Å². The minimum Gasteiger partial charge on any atom is -0.308 e. The first kappa shape index (κ1) is 19.4. The molecule has 3 aliphatic rings. The molecule has 0 saturated carbocycles. The number of benzene rings is 2. The number of carbonyl (C=O) groups excluding carboxylic acids is 1. The van der Waals surface area contributed by atoms with Gasteiger partial charge in [0.2, 0.25) is 0 Å². The fraction of sp³-hybridized carbons (Fsp3) is 0.208. The molecule has 0 amide bonds. The number of hydrogen-bond donors (Lipinski definition) is 0. The summed E-state index contributed by atoms with van der Waals surface area (Å²) < 4.78 is 0. The third kappa shape index (κ3) is 3.02. The van der Waals surface area contributed by atoms with Crippen molar-refractivity contribution in [2.45, 2.75) is 37.1 Å². The van der Waals surface area contributed by atoms with E-state index in [-0.39, 0.29) is 11.8 Å². The Balaban J connectivity index is 1.62. The van der Waals surface area contributed by atoms with Gasteiger partial charge in [0.05, 0.1) is 22.9 Å². The standard InChI is InChI=1S/C24H17Cl2N3OS/c1-12-5-8-18-20(9-12)31-24-28-17-3-2-4-19(30)21(17)22(29(18)24)15-11-13-10-14(25)6-7-16(13)27-23(15)26/h5-11,22H,2-4H2,1H3. The number of anilines is 1. The molecule has 1 unspecified atom stereocenters. The maximum atomic E-state index is 13.2. The average Bonchev–Trinajstić information content (AvgIpc) is 3.09. The van der Waals surface area contributed by atoms with Crippen molar-refractivity contribution >= 4 is 62.5 Å². The normalized spacial score (nSPS) is 20.0. The number of Topliss-reactive ketones (excluding diaryl/α,β-unsaturated/α-hetero) is 1. The number of nitrogens with zero attached hydrogens (tertiary/aromatic N) is 3. The van der Waals surface area contributed by atoms with E-state index >= 15 is 0 Å². The molecule has 2 aliphatic heterocycles. The lowest BCUT2D eigenvalue weighted by Crippen LogP contribution is -2.38. The van der Waals surface area contributed by atoms with Crippen molar-refractivity contribution < 1.29 is 4.79 Å². The van der Waals surface area contributed by atoms with Crippen LogP contribution in [0.3, 0.4) is 0 Å². The van der Waals surface area contributed by atoms with Crippen molar-refractivity contribution in [3.63, 3.8) is 0 Å². The van der Waals surface area contributed by atoms with Gasteiger partial charge in [0.25, 0.3) is 0 Å². The molecule has 31 heavy (non-hydrogen) atoms. The number of fused-ring (bicyclic) bond motifs is 4. The fourth-order valence-electron chi connectivity index (χ4n) is 4.62. The van der Waals surface area contributed by atoms with Crippen molar-refractivity contribution in [3.8, 4) is 0 Å². The number of rotatable bonds is 1. The highest BCUT2D eigenvalue weighted by Crippen LogP contribution is 2.52. The quantitative estimate of drug-likeness (QED) is 0.367. The lowest BCUT2D eigenvalue weighted by Gasteiger charge is -2.37. The fourth-order valence-corrected chi connectivity index (χ4v) is 6.22. The Morgan fingerprint density at radius 3 is 2.84 bits per heavy atom. The Kier molecular flexibility index (Phi) is 4.43. The van der Waals surface area contributed by atoms with Crippen molar-refractivity contribution in [2.75, 3.05) is 4.90 Å². The van der Waals surface area contributed by atoms with Crippen LogP contribution in [0.4, 0.5) is 5.69 Å². The highest BCUT2D eigenvalue weighted by Gasteiger charge is 2.43. The zero-order valence-corrected chi connectivity index (χ0v) is 19.0. The molecule has 0 saturated heterocycles. The summed E-state index contributed by atoms with van der Waals surface area (Å²) in [6, 6.07) is 13.6. The zero-order valence-electron chi connectivity index (χ0n) is 16.7. The smallest absolute Gasteiger partial charge is 0.174 e. The summed E-state index contributed by atoms with van der Waals surface area (Å²) in [7, 11) is 0. The van der Waals surface area contributed by atoms with Crippen LogP contribution < -0.4 is 4.90 Å². The minimum absolute atomic E-state index is 0.141. The Morgan fingerprint density at radius 1 is 1.10 bits per heavy atom. The number of allylic oxidation sites excluding steroid dienone is 1. The molecule has 6 rings (SSSR count). The van der Waals surface area contributed by atoms with Crippen LogP contribution in [0.1, 0.15) is 36.4 Å². The van der Waals surface area contributed by atoms with E-state index < -0.39 is 0 Å². The number of pyridine rings is 1. The lowest BCUT2D eigenvalue weighted by atomic mass is 9.85. The van der Waals surface area contributed by atoms with Gasteiger partial charge in [-0.2, -0.15) is 0 Å². The van der Waals surface area contributed by atoms with Gasteiger partial charge in [0, 0.05) is 32.9 Å². The van der Waals surface area contributed by atoms with Crippen LogP contribution in [-0.2, 0) is 4.79 Å². The number of hydrogen-bond acceptors (Lipinski definition) is 5. The summed E-state index contributed by atoms with van der Waals surface area (Å²) in [4.78, 5) is 26.0. The van der Waals surface area contributed by atoms with E-state index in [1.807, 2.05) is 18.2 Å². The maximum absolute atomic E-state index is 13.2. The summed E-state index contributed by atoms with van der Waals surface area (Å²) in [6.07, 6.45) is 2.17. The number of aromatic nitrogens is 1. The molecule has 7 heteroatoms. The summed E-state index contributed by atoms with van der Waals surface area (Å²) in [5.41, 5.74) is 5.45. The van der Waals surface area contributed by atoms with Gasteiger partial charge in [-0.15, -0.1) is 0 Å². The molecule has 3 heterocycles. The zero-order chi connectivity index (χ0) is 21.3. The topological polar surface area (TPSA) is 45.6 Å². The van der Waals surface area contributed by atoms with Crippen LogP contribution >= 0.6 is 35.0 Å². The highest BCUT2D eigenvalue weighted by molar-refractivity contribution is 8.14. The first-order chi connectivity index (χ1) is 15.0. The third-order valence-electron chi connectivity index (χ3n) is 6.03. The van der Waals surface area contributed by atoms with Gasteiger partial charge in [0.1, 0.15) is 5.15 Å². The van der Waals surface area contributed by atoms with Crippen LogP contribution in [0.2, 0.25) is 10.2 Å². The van der Waals surface area contributed by atoms with E-state index in [9.17, 15) is 4.79 Å². The van der Waals surface area contributed by atoms with Crippen LogP contribution in [0.5, 0.6) is 0 Å². The number of amidine groups is 1. The molecule has 2 aromatic carbocycles. The van der Waals surface area contributed by atoms with E-state index in [0.717, 1.165) is 56.3 Å². The second-order valence-corrected chi connectivity index (χ2v) is 9.89. The molecule has 1 aliphatic carbocycles. The summed E-state index contributed by atoms with van der Waals surface area (Å²) in [5.74, 6) is 0.141. The minimum atomic E-state index is -0.352. The second kappa shape index (κ2) is 7.09. The average molecular weight is 466 g/mol. The number of halogens is 2. The van der Waals surface area contributed by atoms with E-state index in [0.29, 0.717) is 16.6 Å². The number of aliphatic imine (C=N–C) groups is 1. The van der Waals surface area contributed by atoms with Crippen LogP contribution in [0.15, 0.2) is 63.6 Å². The summed E-state index contributed by atoms with van der Waals surface area (Å²) >= 11 is 14.6. The predicted octanol–water partition coefficient (Wildman–Crippen LogP) is 6.88. The molecular formula is C24H17Cl2N3OS. The summed E-state index contributed by atoms with van der Waals surface area (Å²) in [5, 5.41) is 2.83. The molecule has 0 spiro atoms. The number of aryl methyl sites for hydroxylation is 1. The SMILES string of the molecule is Cc1ccc2c(c1)SC1=NC3=C(C(=O)CCC3)C(c3cc4cc(Cl)ccc4nc3Cl)N12. The Labute approximate surface area is 194 Å². The van der Waals surface area contributed by atoms with Gasteiger partial charge in [-0.3, -0.25) is 4.79 Å².